The molecule has 0 spiro atoms. The third-order valence-electron chi connectivity index (χ3n) is 4.07. The largest absolute Gasteiger partial charge is 0.397 e. The normalized spacial score (nSPS) is 21.6. The van der Waals surface area contributed by atoms with E-state index in [0.717, 1.165) is 0 Å². The number of halogens is 3. The Hall–Kier alpha value is -1.79. The van der Waals surface area contributed by atoms with Crippen LogP contribution in [-0.4, -0.2) is 34.1 Å². The molecule has 7 heteroatoms. The fourth-order valence-electron chi connectivity index (χ4n) is 2.89. The molecule has 1 saturated heterocycles. The van der Waals surface area contributed by atoms with E-state index in [9.17, 15) is 18.0 Å². The Labute approximate surface area is 121 Å². The predicted octanol–water partition coefficient (Wildman–Crippen LogP) is 2.40. The molecule has 1 amide bonds. The molecule has 2 N–H and O–H groups in total. The van der Waals surface area contributed by atoms with E-state index < -0.39 is 17.6 Å². The lowest BCUT2D eigenvalue weighted by molar-refractivity contribution is -0.192. The maximum Gasteiger partial charge on any atom is 0.394 e. The first kappa shape index (κ1) is 15.6. The fraction of sp³-hybridized carbons (Fsp3) is 0.571. The Morgan fingerprint density at radius 3 is 2.62 bits per heavy atom. The minimum atomic E-state index is -4.29. The van der Waals surface area contributed by atoms with E-state index in [1.165, 1.54) is 24.9 Å². The molecular formula is C14H18F3N3O. The van der Waals surface area contributed by atoms with E-state index in [0.29, 0.717) is 11.4 Å². The molecule has 2 heterocycles. The van der Waals surface area contributed by atoms with Crippen LogP contribution in [0.1, 0.15) is 26.0 Å². The molecule has 0 aliphatic carbocycles. The van der Waals surface area contributed by atoms with Gasteiger partial charge < -0.3 is 10.6 Å². The van der Waals surface area contributed by atoms with Crippen molar-refractivity contribution >= 4 is 11.6 Å². The Kier molecular flexibility index (Phi) is 3.86. The molecule has 116 valence electrons. The summed E-state index contributed by atoms with van der Waals surface area (Å²) >= 11 is 0. The lowest BCUT2D eigenvalue weighted by Crippen LogP contribution is -2.50. The van der Waals surface area contributed by atoms with Crippen molar-refractivity contribution in [2.24, 2.45) is 5.92 Å². The van der Waals surface area contributed by atoms with Gasteiger partial charge >= 0.3 is 6.18 Å². The highest BCUT2D eigenvalue weighted by Gasteiger charge is 2.55. The molecular weight excluding hydrogens is 283 g/mol. The minimum Gasteiger partial charge on any atom is -0.397 e. The highest BCUT2D eigenvalue weighted by molar-refractivity contribution is 5.79. The highest BCUT2D eigenvalue weighted by atomic mass is 19.4. The SMILES string of the molecule is CC1(C)C(C(F)(F)F)CCN1C(=O)Cc1ccc(N)cn1. The van der Waals surface area contributed by atoms with Gasteiger partial charge in [-0.25, -0.2) is 0 Å². The van der Waals surface area contributed by atoms with E-state index in [2.05, 4.69) is 4.98 Å². The number of nitrogens with zero attached hydrogens (tertiary/aromatic N) is 2. The van der Waals surface area contributed by atoms with Crippen molar-refractivity contribution in [3.8, 4) is 0 Å². The lowest BCUT2D eigenvalue weighted by atomic mass is 9.87. The second-order valence-electron chi connectivity index (χ2n) is 5.84. The Bertz CT molecular complexity index is 525. The molecule has 0 radical (unpaired) electrons. The summed E-state index contributed by atoms with van der Waals surface area (Å²) in [6.07, 6.45) is -2.94. The van der Waals surface area contributed by atoms with Crippen LogP contribution >= 0.6 is 0 Å². The monoisotopic (exact) mass is 301 g/mol. The second kappa shape index (κ2) is 5.20. The van der Waals surface area contributed by atoms with Crippen LogP contribution in [0.4, 0.5) is 18.9 Å². The molecule has 0 bridgehead atoms. The van der Waals surface area contributed by atoms with Crippen molar-refractivity contribution in [1.29, 1.82) is 0 Å². The molecule has 1 unspecified atom stereocenters. The van der Waals surface area contributed by atoms with Crippen molar-refractivity contribution in [1.82, 2.24) is 9.88 Å². The van der Waals surface area contributed by atoms with Crippen LogP contribution in [0.15, 0.2) is 18.3 Å². The Balaban J connectivity index is 2.11. The van der Waals surface area contributed by atoms with Crippen molar-refractivity contribution in [3.63, 3.8) is 0 Å². The molecule has 21 heavy (non-hydrogen) atoms. The summed E-state index contributed by atoms with van der Waals surface area (Å²) < 4.78 is 39.0. The van der Waals surface area contributed by atoms with E-state index in [-0.39, 0.29) is 25.3 Å². The van der Waals surface area contributed by atoms with Crippen LogP contribution in [-0.2, 0) is 11.2 Å². The number of alkyl halides is 3. The molecule has 1 aromatic rings. The molecule has 4 nitrogen and oxygen atoms in total. The highest BCUT2D eigenvalue weighted by Crippen LogP contribution is 2.44. The minimum absolute atomic E-state index is 0.0196. The molecule has 1 aliphatic rings. The number of aromatic nitrogens is 1. The number of carbonyl (C=O) groups excluding carboxylic acids is 1. The van der Waals surface area contributed by atoms with Crippen LogP contribution < -0.4 is 5.73 Å². The average Bonchev–Trinajstić information content (AvgIpc) is 2.67. The lowest BCUT2D eigenvalue weighted by Gasteiger charge is -2.36. The third-order valence-corrected chi connectivity index (χ3v) is 4.07. The standard InChI is InChI=1S/C14H18F3N3O/c1-13(2)11(14(15,16)17)5-6-20(13)12(21)7-10-4-3-9(18)8-19-10/h3-4,8,11H,5-7,18H2,1-2H3. The number of pyridine rings is 1. The molecule has 1 atom stereocenters. The predicted molar refractivity (Wildman–Crippen MR) is 72.3 cm³/mol. The quantitative estimate of drug-likeness (QED) is 0.912. The van der Waals surface area contributed by atoms with Gasteiger partial charge in [-0.05, 0) is 32.4 Å². The summed E-state index contributed by atoms with van der Waals surface area (Å²) in [5, 5.41) is 0. The van der Waals surface area contributed by atoms with Gasteiger partial charge in [0.2, 0.25) is 5.91 Å². The number of amides is 1. The van der Waals surface area contributed by atoms with Gasteiger partial charge in [0.05, 0.1) is 24.2 Å². The first-order valence-corrected chi connectivity index (χ1v) is 6.70. The zero-order valence-electron chi connectivity index (χ0n) is 11.9. The summed E-state index contributed by atoms with van der Waals surface area (Å²) in [4.78, 5) is 17.6. The van der Waals surface area contributed by atoms with E-state index >= 15 is 0 Å². The first-order chi connectivity index (χ1) is 9.62. The summed E-state index contributed by atoms with van der Waals surface area (Å²) in [7, 11) is 0. The molecule has 1 fully saturated rings. The van der Waals surface area contributed by atoms with Crippen LogP contribution in [0.3, 0.4) is 0 Å². The summed E-state index contributed by atoms with van der Waals surface area (Å²) in [6, 6.07) is 3.22. The Morgan fingerprint density at radius 2 is 2.14 bits per heavy atom. The average molecular weight is 301 g/mol. The molecule has 1 aliphatic heterocycles. The smallest absolute Gasteiger partial charge is 0.394 e. The van der Waals surface area contributed by atoms with Crippen molar-refractivity contribution in [2.75, 3.05) is 12.3 Å². The number of carbonyl (C=O) groups is 1. The maximum absolute atomic E-state index is 13.0. The van der Waals surface area contributed by atoms with E-state index in [1.54, 1.807) is 12.1 Å². The molecule has 0 saturated carbocycles. The number of nitrogens with two attached hydrogens (primary N) is 1. The van der Waals surface area contributed by atoms with Gasteiger partial charge in [-0.3, -0.25) is 9.78 Å². The topological polar surface area (TPSA) is 59.2 Å². The van der Waals surface area contributed by atoms with Crippen molar-refractivity contribution in [3.05, 3.63) is 24.0 Å². The van der Waals surface area contributed by atoms with Gasteiger partial charge in [0.15, 0.2) is 0 Å². The van der Waals surface area contributed by atoms with E-state index in [1.807, 2.05) is 0 Å². The summed E-state index contributed by atoms with van der Waals surface area (Å²) in [5.74, 6) is -1.84. The number of hydrogen-bond acceptors (Lipinski definition) is 3. The van der Waals surface area contributed by atoms with Gasteiger partial charge in [-0.2, -0.15) is 13.2 Å². The van der Waals surface area contributed by atoms with Crippen LogP contribution in [0, 0.1) is 5.92 Å². The zero-order valence-corrected chi connectivity index (χ0v) is 11.9. The van der Waals surface area contributed by atoms with Gasteiger partial charge in [-0.1, -0.05) is 0 Å². The number of likely N-dealkylation sites (tertiary alicyclic amines) is 1. The zero-order chi connectivity index (χ0) is 15.8. The first-order valence-electron chi connectivity index (χ1n) is 6.70. The summed E-state index contributed by atoms with van der Waals surface area (Å²) in [5.41, 5.74) is 5.25. The Morgan fingerprint density at radius 1 is 1.48 bits per heavy atom. The van der Waals surface area contributed by atoms with Gasteiger partial charge in [-0.15, -0.1) is 0 Å². The number of rotatable bonds is 2. The third kappa shape index (κ3) is 3.11. The van der Waals surface area contributed by atoms with E-state index in [4.69, 9.17) is 5.73 Å². The van der Waals surface area contributed by atoms with Crippen molar-refractivity contribution < 1.29 is 18.0 Å². The summed E-state index contributed by atoms with van der Waals surface area (Å²) in [6.45, 7) is 3.05. The van der Waals surface area contributed by atoms with Gasteiger partial charge in [0.1, 0.15) is 0 Å². The van der Waals surface area contributed by atoms with Crippen LogP contribution in [0.2, 0.25) is 0 Å². The number of hydrogen-bond donors (Lipinski definition) is 1. The number of anilines is 1. The molecule has 1 aromatic heterocycles. The molecule has 2 rings (SSSR count). The molecule has 0 aromatic carbocycles. The number of nitrogen functional groups attached to an aromatic ring is 1. The fourth-order valence-corrected chi connectivity index (χ4v) is 2.89. The second-order valence-corrected chi connectivity index (χ2v) is 5.84. The van der Waals surface area contributed by atoms with Gasteiger partial charge in [0.25, 0.3) is 0 Å². The van der Waals surface area contributed by atoms with Crippen molar-refractivity contribution in [2.45, 2.75) is 38.4 Å². The van der Waals surface area contributed by atoms with Crippen LogP contribution in [0.5, 0.6) is 0 Å². The van der Waals surface area contributed by atoms with Crippen LogP contribution in [0.25, 0.3) is 0 Å². The van der Waals surface area contributed by atoms with Gasteiger partial charge in [0, 0.05) is 17.8 Å². The maximum atomic E-state index is 13.0.